The predicted molar refractivity (Wildman–Crippen MR) is 153 cm³/mol. The Morgan fingerprint density at radius 3 is 2.68 bits per heavy atom. The van der Waals surface area contributed by atoms with Crippen molar-refractivity contribution in [1.82, 2.24) is 19.9 Å². The van der Waals surface area contributed by atoms with Gasteiger partial charge in [0.05, 0.1) is 10.9 Å². The van der Waals surface area contributed by atoms with E-state index in [4.69, 9.17) is 21.3 Å². The number of alkyl halides is 1. The van der Waals surface area contributed by atoms with Crippen molar-refractivity contribution in [3.63, 3.8) is 0 Å². The van der Waals surface area contributed by atoms with E-state index in [9.17, 15) is 9.50 Å². The van der Waals surface area contributed by atoms with Crippen molar-refractivity contribution in [2.24, 2.45) is 11.8 Å². The monoisotopic (exact) mass is 581 g/mol. The number of aromatic hydroxyl groups is 1. The van der Waals surface area contributed by atoms with Crippen LogP contribution in [0.3, 0.4) is 0 Å². The third kappa shape index (κ3) is 4.42. The van der Waals surface area contributed by atoms with Crippen molar-refractivity contribution in [2.75, 3.05) is 37.7 Å². The van der Waals surface area contributed by atoms with Crippen LogP contribution in [0.4, 0.5) is 14.6 Å². The minimum atomic E-state index is -0.864. The number of rotatable bonds is 6. The summed E-state index contributed by atoms with van der Waals surface area (Å²) in [5.74, 6) is 1.45. The molecule has 8 rings (SSSR count). The molecule has 0 spiro atoms. The van der Waals surface area contributed by atoms with E-state index in [-0.39, 0.29) is 41.0 Å². The predicted octanol–water partition coefficient (Wildman–Crippen LogP) is 6.26. The van der Waals surface area contributed by atoms with Crippen LogP contribution in [0.1, 0.15) is 62.8 Å². The van der Waals surface area contributed by atoms with Gasteiger partial charge in [-0.3, -0.25) is 9.88 Å². The summed E-state index contributed by atoms with van der Waals surface area (Å²) in [5, 5.41) is 11.3. The molecule has 1 aromatic carbocycles. The largest absolute Gasteiger partial charge is 0.508 e. The van der Waals surface area contributed by atoms with Crippen molar-refractivity contribution in [3.05, 3.63) is 34.7 Å². The molecule has 2 bridgehead atoms. The van der Waals surface area contributed by atoms with Gasteiger partial charge in [-0.25, -0.2) is 8.78 Å². The summed E-state index contributed by atoms with van der Waals surface area (Å²) in [6.07, 6.45) is 8.67. The molecule has 2 aromatic heterocycles. The maximum absolute atomic E-state index is 16.6. The lowest BCUT2D eigenvalue weighted by Gasteiger charge is -2.34. The van der Waals surface area contributed by atoms with Crippen LogP contribution in [0.2, 0.25) is 5.02 Å². The first-order valence-electron chi connectivity index (χ1n) is 15.0. The average molecular weight is 582 g/mol. The van der Waals surface area contributed by atoms with Crippen LogP contribution in [0.15, 0.2) is 18.3 Å². The van der Waals surface area contributed by atoms with Gasteiger partial charge in [0.15, 0.2) is 5.82 Å². The second kappa shape index (κ2) is 9.63. The number of piperidine rings is 1. The Labute approximate surface area is 242 Å². The minimum absolute atomic E-state index is 0.0324. The zero-order valence-electron chi connectivity index (χ0n) is 23.0. The molecule has 5 aliphatic rings. The van der Waals surface area contributed by atoms with Gasteiger partial charge in [0, 0.05) is 42.8 Å². The van der Waals surface area contributed by atoms with Crippen molar-refractivity contribution in [2.45, 2.75) is 69.0 Å². The molecule has 5 fully saturated rings. The van der Waals surface area contributed by atoms with Gasteiger partial charge in [-0.1, -0.05) is 11.6 Å². The lowest BCUT2D eigenvalue weighted by Crippen LogP contribution is -2.43. The van der Waals surface area contributed by atoms with Gasteiger partial charge in [-0.2, -0.15) is 9.97 Å². The Morgan fingerprint density at radius 1 is 1.10 bits per heavy atom. The summed E-state index contributed by atoms with van der Waals surface area (Å²) >= 11 is 6.54. The molecule has 2 unspecified atom stereocenters. The summed E-state index contributed by atoms with van der Waals surface area (Å²) in [5.41, 5.74) is 1.21. The van der Waals surface area contributed by atoms with Gasteiger partial charge in [0.25, 0.3) is 0 Å². The van der Waals surface area contributed by atoms with Crippen molar-refractivity contribution in [3.8, 4) is 23.0 Å². The third-order valence-corrected chi connectivity index (χ3v) is 10.4. The highest BCUT2D eigenvalue weighted by Crippen LogP contribution is 2.49. The highest BCUT2D eigenvalue weighted by Gasteiger charge is 2.49. The number of ether oxygens (including phenoxy) is 1. The molecule has 2 saturated carbocycles. The van der Waals surface area contributed by atoms with Crippen LogP contribution in [-0.2, 0) is 0 Å². The molecule has 3 aromatic rings. The Kier molecular flexibility index (Phi) is 6.08. The van der Waals surface area contributed by atoms with Crippen molar-refractivity contribution in [1.29, 1.82) is 0 Å². The highest BCUT2D eigenvalue weighted by molar-refractivity contribution is 6.32. The van der Waals surface area contributed by atoms with E-state index in [1.807, 2.05) is 0 Å². The number of hydrogen-bond donors (Lipinski definition) is 1. The number of halogens is 3. The molecule has 216 valence electrons. The van der Waals surface area contributed by atoms with Crippen LogP contribution < -0.4 is 9.64 Å². The van der Waals surface area contributed by atoms with Gasteiger partial charge in [-0.05, 0) is 86.9 Å². The van der Waals surface area contributed by atoms with Crippen LogP contribution in [0, 0.1) is 17.7 Å². The third-order valence-electron chi connectivity index (χ3n) is 10.1. The number of anilines is 1. The van der Waals surface area contributed by atoms with Gasteiger partial charge < -0.3 is 14.7 Å². The molecule has 41 heavy (non-hydrogen) atoms. The van der Waals surface area contributed by atoms with Crippen LogP contribution in [0.25, 0.3) is 22.2 Å². The Hall–Kier alpha value is -2.78. The summed E-state index contributed by atoms with van der Waals surface area (Å²) < 4.78 is 37.2. The Morgan fingerprint density at radius 2 is 1.90 bits per heavy atom. The van der Waals surface area contributed by atoms with E-state index in [0.717, 1.165) is 50.9 Å². The summed E-state index contributed by atoms with van der Waals surface area (Å²) in [4.78, 5) is 18.5. The molecule has 10 heteroatoms. The molecule has 0 amide bonds. The molecule has 3 aliphatic heterocycles. The molecule has 3 saturated heterocycles. The van der Waals surface area contributed by atoms with E-state index in [1.54, 1.807) is 12.3 Å². The lowest BCUT2D eigenvalue weighted by molar-refractivity contribution is 0.107. The summed E-state index contributed by atoms with van der Waals surface area (Å²) in [6.45, 7) is 3.30. The number of phenolic OH excluding ortho intramolecular Hbond substituents is 1. The van der Waals surface area contributed by atoms with E-state index in [0.29, 0.717) is 46.6 Å². The van der Waals surface area contributed by atoms with Gasteiger partial charge >= 0.3 is 6.01 Å². The fourth-order valence-corrected chi connectivity index (χ4v) is 8.50. The van der Waals surface area contributed by atoms with Crippen molar-refractivity contribution >= 4 is 28.3 Å². The fourth-order valence-electron chi connectivity index (χ4n) is 8.13. The molecule has 4 atom stereocenters. The first-order valence-corrected chi connectivity index (χ1v) is 15.4. The second-order valence-corrected chi connectivity index (χ2v) is 13.4. The lowest BCUT2D eigenvalue weighted by atomic mass is 9.95. The molecule has 1 N–H and O–H groups in total. The smallest absolute Gasteiger partial charge is 0.319 e. The number of fused-ring (bicyclic) bond motifs is 4. The highest BCUT2D eigenvalue weighted by atomic mass is 35.5. The van der Waals surface area contributed by atoms with E-state index >= 15 is 4.39 Å². The molecule has 5 heterocycles. The molecule has 0 radical (unpaired) electrons. The summed E-state index contributed by atoms with van der Waals surface area (Å²) in [7, 11) is 0. The minimum Gasteiger partial charge on any atom is -0.508 e. The van der Waals surface area contributed by atoms with Crippen molar-refractivity contribution < 1.29 is 18.6 Å². The van der Waals surface area contributed by atoms with E-state index in [1.165, 1.54) is 25.3 Å². The number of nitrogens with zero attached hydrogens (tertiary/aromatic N) is 5. The van der Waals surface area contributed by atoms with Gasteiger partial charge in [-0.15, -0.1) is 0 Å². The molecular weight excluding hydrogens is 548 g/mol. The maximum Gasteiger partial charge on any atom is 0.319 e. The first kappa shape index (κ1) is 25.9. The number of aromatic nitrogens is 3. The Bertz CT molecular complexity index is 1520. The zero-order valence-corrected chi connectivity index (χ0v) is 23.7. The topological polar surface area (TPSA) is 74.6 Å². The van der Waals surface area contributed by atoms with E-state index in [2.05, 4.69) is 19.8 Å². The molecular formula is C31H34ClF2N5O2. The number of pyridine rings is 1. The standard InChI is InChI=1S/C31H34ClF2N5O2/c32-24-10-21(40)9-22(25(24)19-4-5-19)27-26(34)28-23(12-35-27)29(38-13-17-2-3-18(8-17)14-38)37-30(36-28)41-16-31-6-1-7-39(31)15-20(33)11-31/h9-10,12,17-20,40H,1-8,11,13-16H2/t17?,18?,20-,31+/m1/s1. The molecule has 7 nitrogen and oxygen atoms in total. The number of phenols is 1. The summed E-state index contributed by atoms with van der Waals surface area (Å²) in [6, 6.07) is 3.16. The first-order chi connectivity index (χ1) is 19.9. The van der Waals surface area contributed by atoms with Gasteiger partial charge in [0.1, 0.15) is 35.6 Å². The average Bonchev–Trinajstić information content (AvgIpc) is 3.52. The molecule has 2 aliphatic carbocycles. The second-order valence-electron chi connectivity index (χ2n) is 13.0. The fraction of sp³-hybridized carbons (Fsp3) is 0.581. The maximum atomic E-state index is 16.6. The normalized spacial score (nSPS) is 29.4. The number of hydrogen-bond acceptors (Lipinski definition) is 7. The Balaban J connectivity index is 1.23. The van der Waals surface area contributed by atoms with Crippen LogP contribution in [-0.4, -0.2) is 69.5 Å². The van der Waals surface area contributed by atoms with Crippen LogP contribution >= 0.6 is 11.6 Å². The SMILES string of the molecule is Oc1cc(Cl)c(C2CC2)c(-c2ncc3c(N4CC5CCC(C5)C4)nc(OC[C@@]45CCCN4C[C@H](F)C5)nc3c2F)c1. The van der Waals surface area contributed by atoms with Gasteiger partial charge in [0.2, 0.25) is 0 Å². The number of benzene rings is 1. The van der Waals surface area contributed by atoms with Crippen LogP contribution in [0.5, 0.6) is 11.8 Å². The zero-order chi connectivity index (χ0) is 27.9. The quantitative estimate of drug-likeness (QED) is 0.368. The van der Waals surface area contributed by atoms with E-state index < -0.39 is 12.0 Å².